The van der Waals surface area contributed by atoms with Gasteiger partial charge in [-0.15, -0.1) is 12.4 Å². The first kappa shape index (κ1) is 11.1. The Balaban J connectivity index is 0.000000980. The van der Waals surface area contributed by atoms with Gasteiger partial charge in [-0.1, -0.05) is 0 Å². The number of aromatic nitrogens is 2. The predicted molar refractivity (Wildman–Crippen MR) is 50.9 cm³/mol. The van der Waals surface area contributed by atoms with Gasteiger partial charge in [0.1, 0.15) is 6.10 Å². The molecule has 14 heavy (non-hydrogen) atoms. The van der Waals surface area contributed by atoms with Crippen LogP contribution in [0.25, 0.3) is 0 Å². The van der Waals surface area contributed by atoms with Gasteiger partial charge < -0.3 is 10.5 Å². The van der Waals surface area contributed by atoms with Gasteiger partial charge in [0.05, 0.1) is 12.4 Å². The SMILES string of the molecule is Cl.N[C@H]1C[C@H](Oc2ncc(F)cn2)C1. The van der Waals surface area contributed by atoms with Crippen molar-refractivity contribution in [3.63, 3.8) is 0 Å². The molecule has 0 radical (unpaired) electrons. The third-order valence-electron chi connectivity index (χ3n) is 2.00. The highest BCUT2D eigenvalue weighted by Crippen LogP contribution is 2.21. The summed E-state index contributed by atoms with van der Waals surface area (Å²) in [6.07, 6.45) is 3.91. The molecule has 0 amide bonds. The number of ether oxygens (including phenoxy) is 1. The minimum Gasteiger partial charge on any atom is -0.460 e. The summed E-state index contributed by atoms with van der Waals surface area (Å²) in [4.78, 5) is 7.35. The molecule has 0 atom stereocenters. The first-order chi connectivity index (χ1) is 6.24. The predicted octanol–water partition coefficient (Wildman–Crippen LogP) is 0.906. The van der Waals surface area contributed by atoms with Crippen molar-refractivity contribution in [2.24, 2.45) is 5.73 Å². The Morgan fingerprint density at radius 3 is 2.43 bits per heavy atom. The molecule has 1 aliphatic carbocycles. The second kappa shape index (κ2) is 4.52. The number of hydrogen-bond donors (Lipinski definition) is 1. The maximum absolute atomic E-state index is 12.4. The van der Waals surface area contributed by atoms with E-state index >= 15 is 0 Å². The lowest BCUT2D eigenvalue weighted by Gasteiger charge is -2.31. The molecule has 1 saturated carbocycles. The summed E-state index contributed by atoms with van der Waals surface area (Å²) in [5.74, 6) is -0.460. The fourth-order valence-electron chi connectivity index (χ4n) is 1.21. The third-order valence-corrected chi connectivity index (χ3v) is 2.00. The fourth-order valence-corrected chi connectivity index (χ4v) is 1.21. The second-order valence-corrected chi connectivity index (χ2v) is 3.16. The molecule has 2 rings (SSSR count). The summed E-state index contributed by atoms with van der Waals surface area (Å²) < 4.78 is 17.7. The zero-order valence-corrected chi connectivity index (χ0v) is 8.21. The zero-order chi connectivity index (χ0) is 9.26. The maximum atomic E-state index is 12.4. The Bertz CT molecular complexity index is 289. The van der Waals surface area contributed by atoms with Crippen LogP contribution in [-0.4, -0.2) is 22.1 Å². The molecule has 1 aliphatic rings. The highest BCUT2D eigenvalue weighted by atomic mass is 35.5. The topological polar surface area (TPSA) is 61.0 Å². The molecule has 0 aromatic carbocycles. The smallest absolute Gasteiger partial charge is 0.316 e. The summed E-state index contributed by atoms with van der Waals surface area (Å²) in [5.41, 5.74) is 5.57. The van der Waals surface area contributed by atoms with E-state index in [-0.39, 0.29) is 30.6 Å². The van der Waals surface area contributed by atoms with Crippen molar-refractivity contribution in [2.45, 2.75) is 25.0 Å². The Morgan fingerprint density at radius 2 is 1.93 bits per heavy atom. The van der Waals surface area contributed by atoms with Crippen LogP contribution < -0.4 is 10.5 Å². The molecular weight excluding hydrogens is 209 g/mol. The average molecular weight is 220 g/mol. The van der Waals surface area contributed by atoms with E-state index in [1.54, 1.807) is 0 Å². The van der Waals surface area contributed by atoms with E-state index in [0.29, 0.717) is 0 Å². The van der Waals surface area contributed by atoms with Crippen molar-refractivity contribution >= 4 is 12.4 Å². The van der Waals surface area contributed by atoms with Gasteiger partial charge in [0.15, 0.2) is 5.82 Å². The van der Waals surface area contributed by atoms with Gasteiger partial charge in [-0.05, 0) is 12.8 Å². The van der Waals surface area contributed by atoms with Crippen LogP contribution in [0.2, 0.25) is 0 Å². The van der Waals surface area contributed by atoms with Crippen LogP contribution in [0.1, 0.15) is 12.8 Å². The van der Waals surface area contributed by atoms with Gasteiger partial charge in [0, 0.05) is 6.04 Å². The number of nitrogens with two attached hydrogens (primary N) is 1. The van der Waals surface area contributed by atoms with Crippen molar-refractivity contribution in [1.29, 1.82) is 0 Å². The second-order valence-electron chi connectivity index (χ2n) is 3.16. The summed E-state index contributed by atoms with van der Waals surface area (Å²) in [5, 5.41) is 0. The molecule has 0 saturated heterocycles. The Kier molecular flexibility index (Phi) is 3.60. The highest BCUT2D eigenvalue weighted by Gasteiger charge is 2.28. The van der Waals surface area contributed by atoms with Gasteiger partial charge in [0.2, 0.25) is 0 Å². The van der Waals surface area contributed by atoms with E-state index in [0.717, 1.165) is 25.2 Å². The lowest BCUT2D eigenvalue weighted by molar-refractivity contribution is 0.0901. The molecule has 1 aromatic heterocycles. The standard InChI is InChI=1S/C8H10FN3O.ClH/c9-5-3-11-8(12-4-5)13-7-1-6(10)2-7;/h3-4,6-7H,1-2,10H2;1H/t6-,7-;. The van der Waals surface area contributed by atoms with Crippen LogP contribution in [0.4, 0.5) is 4.39 Å². The Hall–Kier alpha value is -0.940. The number of nitrogens with zero attached hydrogens (tertiary/aromatic N) is 2. The molecule has 4 nitrogen and oxygen atoms in total. The summed E-state index contributed by atoms with van der Waals surface area (Å²) in [7, 11) is 0. The molecular formula is C8H11ClFN3O. The molecule has 78 valence electrons. The van der Waals surface area contributed by atoms with Crippen LogP contribution in [0.5, 0.6) is 6.01 Å². The van der Waals surface area contributed by atoms with Gasteiger partial charge in [0.25, 0.3) is 0 Å². The molecule has 1 fully saturated rings. The van der Waals surface area contributed by atoms with Crippen LogP contribution in [0, 0.1) is 5.82 Å². The van der Waals surface area contributed by atoms with Crippen LogP contribution >= 0.6 is 12.4 Å². The molecule has 0 bridgehead atoms. The van der Waals surface area contributed by atoms with Gasteiger partial charge in [-0.25, -0.2) is 14.4 Å². The Morgan fingerprint density at radius 1 is 1.36 bits per heavy atom. The number of halogens is 2. The lowest BCUT2D eigenvalue weighted by Crippen LogP contribution is -2.43. The van der Waals surface area contributed by atoms with Crippen LogP contribution in [-0.2, 0) is 0 Å². The number of hydrogen-bond acceptors (Lipinski definition) is 4. The molecule has 1 heterocycles. The van der Waals surface area contributed by atoms with E-state index in [2.05, 4.69) is 9.97 Å². The largest absolute Gasteiger partial charge is 0.460 e. The van der Waals surface area contributed by atoms with Gasteiger partial charge >= 0.3 is 6.01 Å². The maximum Gasteiger partial charge on any atom is 0.316 e. The molecule has 0 unspecified atom stereocenters. The van der Waals surface area contributed by atoms with Crippen LogP contribution in [0.3, 0.4) is 0 Å². The minimum absolute atomic E-state index is 0. The van der Waals surface area contributed by atoms with Gasteiger partial charge in [-0.3, -0.25) is 0 Å². The molecule has 0 aliphatic heterocycles. The summed E-state index contributed by atoms with van der Waals surface area (Å²) >= 11 is 0. The normalized spacial score (nSPS) is 24.7. The van der Waals surface area contributed by atoms with Crippen molar-refractivity contribution in [2.75, 3.05) is 0 Å². The molecule has 6 heteroatoms. The molecule has 1 aromatic rings. The quantitative estimate of drug-likeness (QED) is 0.803. The average Bonchev–Trinajstić information content (AvgIpc) is 2.06. The first-order valence-corrected chi connectivity index (χ1v) is 4.14. The lowest BCUT2D eigenvalue weighted by atomic mass is 9.90. The van der Waals surface area contributed by atoms with E-state index in [4.69, 9.17) is 10.5 Å². The minimum atomic E-state index is -0.460. The van der Waals surface area contributed by atoms with Crippen molar-refractivity contribution in [3.8, 4) is 6.01 Å². The third kappa shape index (κ3) is 2.52. The highest BCUT2D eigenvalue weighted by molar-refractivity contribution is 5.85. The van der Waals surface area contributed by atoms with Gasteiger partial charge in [-0.2, -0.15) is 0 Å². The van der Waals surface area contributed by atoms with E-state index in [9.17, 15) is 4.39 Å². The Labute approximate surface area is 87.1 Å². The zero-order valence-electron chi connectivity index (χ0n) is 7.39. The van der Waals surface area contributed by atoms with Crippen molar-refractivity contribution in [3.05, 3.63) is 18.2 Å². The van der Waals surface area contributed by atoms with E-state index in [1.807, 2.05) is 0 Å². The molecule has 2 N–H and O–H groups in total. The molecule has 0 spiro atoms. The fraction of sp³-hybridized carbons (Fsp3) is 0.500. The summed E-state index contributed by atoms with van der Waals surface area (Å²) in [6.45, 7) is 0. The first-order valence-electron chi connectivity index (χ1n) is 4.14. The van der Waals surface area contributed by atoms with Crippen molar-refractivity contribution in [1.82, 2.24) is 9.97 Å². The van der Waals surface area contributed by atoms with E-state index in [1.165, 1.54) is 0 Å². The number of rotatable bonds is 2. The van der Waals surface area contributed by atoms with E-state index < -0.39 is 5.82 Å². The van der Waals surface area contributed by atoms with Crippen molar-refractivity contribution < 1.29 is 9.13 Å². The van der Waals surface area contributed by atoms with Crippen LogP contribution in [0.15, 0.2) is 12.4 Å². The summed E-state index contributed by atoms with van der Waals surface area (Å²) in [6, 6.07) is 0.448. The monoisotopic (exact) mass is 219 g/mol.